The van der Waals surface area contributed by atoms with Crippen LogP contribution in [0.1, 0.15) is 16.7 Å². The summed E-state index contributed by atoms with van der Waals surface area (Å²) in [5, 5.41) is 3.95. The number of hydrogen-bond acceptors (Lipinski definition) is 3. The molecule has 1 N–H and O–H groups in total. The fraction of sp³-hybridized carbons (Fsp3) is 0.263. The van der Waals surface area contributed by atoms with E-state index in [2.05, 4.69) is 43.1 Å². The van der Waals surface area contributed by atoms with Crippen LogP contribution in [0.25, 0.3) is 0 Å². The number of hydrogen-bond donors (Lipinski definition) is 1. The fourth-order valence-corrected chi connectivity index (χ4v) is 2.50. The molecule has 2 aromatic carbocycles. The molecule has 0 spiro atoms. The number of rotatable bonds is 8. The zero-order valence-corrected chi connectivity index (χ0v) is 14.3. The number of ether oxygens (including phenoxy) is 2. The Balaban J connectivity index is 2.00. The minimum atomic E-state index is 0.390. The van der Waals surface area contributed by atoms with Crippen LogP contribution in [0.2, 0.25) is 5.02 Å². The molecule has 0 atom stereocenters. The van der Waals surface area contributed by atoms with Crippen molar-refractivity contribution >= 4 is 11.6 Å². The maximum atomic E-state index is 6.30. The van der Waals surface area contributed by atoms with Gasteiger partial charge in [-0.15, -0.1) is 0 Å². The Labute approximate surface area is 142 Å². The molecule has 122 valence electrons. The first kappa shape index (κ1) is 17.4. The van der Waals surface area contributed by atoms with Gasteiger partial charge < -0.3 is 14.8 Å². The molecule has 23 heavy (non-hydrogen) atoms. The molecule has 0 aliphatic rings. The Morgan fingerprint density at radius 3 is 2.48 bits per heavy atom. The third-order valence-corrected chi connectivity index (χ3v) is 3.69. The number of halogens is 1. The highest BCUT2D eigenvalue weighted by Gasteiger charge is 2.11. The van der Waals surface area contributed by atoms with Crippen LogP contribution in [0, 0.1) is 6.92 Å². The van der Waals surface area contributed by atoms with Gasteiger partial charge in [0.05, 0.1) is 12.1 Å². The molecule has 0 bridgehead atoms. The predicted molar refractivity (Wildman–Crippen MR) is 95.4 cm³/mol. The normalized spacial score (nSPS) is 10.4. The number of aryl methyl sites for hydroxylation is 1. The molecular formula is C19H22ClNO2. The lowest BCUT2D eigenvalue weighted by molar-refractivity contribution is 0.326. The lowest BCUT2D eigenvalue weighted by atomic mass is 10.1. The van der Waals surface area contributed by atoms with E-state index in [-0.39, 0.29) is 0 Å². The highest BCUT2D eigenvalue weighted by molar-refractivity contribution is 6.32. The predicted octanol–water partition coefficient (Wildman–Crippen LogP) is 4.51. The molecule has 0 saturated carbocycles. The van der Waals surface area contributed by atoms with Crippen LogP contribution >= 0.6 is 11.6 Å². The minimum Gasteiger partial charge on any atom is -0.493 e. The number of benzene rings is 2. The van der Waals surface area contributed by atoms with Crippen LogP contribution in [0.4, 0.5) is 0 Å². The lowest BCUT2D eigenvalue weighted by Crippen LogP contribution is -2.13. The smallest absolute Gasteiger partial charge is 0.180 e. The van der Waals surface area contributed by atoms with Crippen LogP contribution in [-0.4, -0.2) is 13.7 Å². The van der Waals surface area contributed by atoms with Crippen molar-refractivity contribution in [2.24, 2.45) is 0 Å². The molecular weight excluding hydrogens is 310 g/mol. The molecule has 0 radical (unpaired) electrons. The van der Waals surface area contributed by atoms with Gasteiger partial charge in [-0.1, -0.05) is 54.1 Å². The van der Waals surface area contributed by atoms with E-state index >= 15 is 0 Å². The van der Waals surface area contributed by atoms with Crippen LogP contribution in [0.15, 0.2) is 49.1 Å². The summed E-state index contributed by atoms with van der Waals surface area (Å²) in [6.45, 7) is 7.61. The summed E-state index contributed by atoms with van der Waals surface area (Å²) in [6.07, 6.45) is 1.67. The average molecular weight is 332 g/mol. The number of methoxy groups -OCH3 is 1. The largest absolute Gasteiger partial charge is 0.493 e. The maximum Gasteiger partial charge on any atom is 0.180 e. The van der Waals surface area contributed by atoms with E-state index in [4.69, 9.17) is 21.1 Å². The Morgan fingerprint density at radius 2 is 1.83 bits per heavy atom. The Kier molecular flexibility index (Phi) is 6.51. The first-order valence-electron chi connectivity index (χ1n) is 7.50. The molecule has 0 aromatic heterocycles. The molecule has 3 nitrogen and oxygen atoms in total. The van der Waals surface area contributed by atoms with E-state index < -0.39 is 0 Å². The average Bonchev–Trinajstić information content (AvgIpc) is 2.55. The summed E-state index contributed by atoms with van der Waals surface area (Å²) in [5.74, 6) is 1.18. The molecule has 0 amide bonds. The molecule has 2 rings (SSSR count). The molecule has 0 aliphatic carbocycles. The van der Waals surface area contributed by atoms with E-state index in [9.17, 15) is 0 Å². The van der Waals surface area contributed by atoms with Crippen LogP contribution in [0.3, 0.4) is 0 Å². The van der Waals surface area contributed by atoms with Crippen molar-refractivity contribution in [3.63, 3.8) is 0 Å². The van der Waals surface area contributed by atoms with E-state index in [0.717, 1.165) is 12.1 Å². The first-order valence-corrected chi connectivity index (χ1v) is 7.88. The molecule has 0 aliphatic heterocycles. The maximum absolute atomic E-state index is 6.30. The van der Waals surface area contributed by atoms with Gasteiger partial charge >= 0.3 is 0 Å². The molecule has 4 heteroatoms. The van der Waals surface area contributed by atoms with Crippen LogP contribution in [-0.2, 0) is 13.1 Å². The van der Waals surface area contributed by atoms with E-state index in [1.807, 2.05) is 12.1 Å². The van der Waals surface area contributed by atoms with E-state index in [1.54, 1.807) is 13.2 Å². The second kappa shape index (κ2) is 8.61. The summed E-state index contributed by atoms with van der Waals surface area (Å²) in [7, 11) is 1.61. The summed E-state index contributed by atoms with van der Waals surface area (Å²) in [5.41, 5.74) is 3.56. The molecule has 0 saturated heterocycles. The van der Waals surface area contributed by atoms with E-state index in [1.165, 1.54) is 11.1 Å². The Bertz CT molecular complexity index is 653. The van der Waals surface area contributed by atoms with Gasteiger partial charge in [0, 0.05) is 13.1 Å². The van der Waals surface area contributed by atoms with Crippen molar-refractivity contribution in [3.8, 4) is 11.5 Å². The zero-order chi connectivity index (χ0) is 16.7. The highest BCUT2D eigenvalue weighted by atomic mass is 35.5. The van der Waals surface area contributed by atoms with Gasteiger partial charge in [-0.25, -0.2) is 0 Å². The minimum absolute atomic E-state index is 0.390. The number of nitrogens with one attached hydrogen (secondary N) is 1. The van der Waals surface area contributed by atoms with Crippen molar-refractivity contribution in [3.05, 3.63) is 70.8 Å². The van der Waals surface area contributed by atoms with Crippen LogP contribution in [0.5, 0.6) is 11.5 Å². The molecule has 2 aromatic rings. The highest BCUT2D eigenvalue weighted by Crippen LogP contribution is 2.36. The van der Waals surface area contributed by atoms with Gasteiger partial charge in [0.25, 0.3) is 0 Å². The van der Waals surface area contributed by atoms with Crippen molar-refractivity contribution in [2.75, 3.05) is 13.7 Å². The third-order valence-electron chi connectivity index (χ3n) is 3.41. The lowest BCUT2D eigenvalue weighted by Gasteiger charge is -2.13. The van der Waals surface area contributed by atoms with Crippen molar-refractivity contribution in [1.82, 2.24) is 5.32 Å². The second-order valence-electron chi connectivity index (χ2n) is 5.30. The third kappa shape index (κ3) is 5.02. The van der Waals surface area contributed by atoms with Gasteiger partial charge in [0.15, 0.2) is 11.5 Å². The standard InChI is InChI=1S/C19H22ClNO2/c1-4-9-23-19-17(20)10-16(11-18(19)22-3)13-21-12-15-7-5-14(2)6-8-15/h4-8,10-11,21H,1,9,12-13H2,2-3H3. The van der Waals surface area contributed by atoms with Crippen molar-refractivity contribution in [1.29, 1.82) is 0 Å². The first-order chi connectivity index (χ1) is 11.1. The Morgan fingerprint density at radius 1 is 1.13 bits per heavy atom. The van der Waals surface area contributed by atoms with Gasteiger partial charge in [-0.05, 0) is 30.2 Å². The van der Waals surface area contributed by atoms with E-state index in [0.29, 0.717) is 29.7 Å². The van der Waals surface area contributed by atoms with Gasteiger partial charge in [0.2, 0.25) is 0 Å². The van der Waals surface area contributed by atoms with Crippen molar-refractivity contribution < 1.29 is 9.47 Å². The second-order valence-corrected chi connectivity index (χ2v) is 5.71. The monoisotopic (exact) mass is 331 g/mol. The molecule has 0 fully saturated rings. The van der Waals surface area contributed by atoms with Crippen LogP contribution < -0.4 is 14.8 Å². The summed E-state index contributed by atoms with van der Waals surface area (Å²) >= 11 is 6.30. The topological polar surface area (TPSA) is 30.5 Å². The SMILES string of the molecule is C=CCOc1c(Cl)cc(CNCc2ccc(C)cc2)cc1OC. The quantitative estimate of drug-likeness (QED) is 0.722. The van der Waals surface area contributed by atoms with Gasteiger partial charge in [-0.3, -0.25) is 0 Å². The molecule has 0 heterocycles. The Hall–Kier alpha value is -1.97. The van der Waals surface area contributed by atoms with Gasteiger partial charge in [0.1, 0.15) is 6.61 Å². The summed E-state index contributed by atoms with van der Waals surface area (Å²) in [6, 6.07) is 12.3. The zero-order valence-electron chi connectivity index (χ0n) is 13.6. The van der Waals surface area contributed by atoms with Gasteiger partial charge in [-0.2, -0.15) is 0 Å². The summed E-state index contributed by atoms with van der Waals surface area (Å²) in [4.78, 5) is 0. The fourth-order valence-electron chi connectivity index (χ4n) is 2.21. The molecule has 0 unspecified atom stereocenters. The summed E-state index contributed by atoms with van der Waals surface area (Å²) < 4.78 is 10.9. The van der Waals surface area contributed by atoms with Crippen molar-refractivity contribution in [2.45, 2.75) is 20.0 Å².